The fraction of sp³-hybridized carbons (Fsp3) is 0.367. The van der Waals surface area contributed by atoms with Gasteiger partial charge in [-0.05, 0) is 54.4 Å². The van der Waals surface area contributed by atoms with E-state index in [0.29, 0.717) is 12.2 Å². The Kier molecular flexibility index (Phi) is 6.64. The quantitative estimate of drug-likeness (QED) is 0.448. The summed E-state index contributed by atoms with van der Waals surface area (Å²) in [4.78, 5) is 16.3. The van der Waals surface area contributed by atoms with E-state index in [-0.39, 0.29) is 30.1 Å². The lowest BCUT2D eigenvalue weighted by Crippen LogP contribution is -2.51. The predicted octanol–water partition coefficient (Wildman–Crippen LogP) is 4.98. The smallest absolute Gasteiger partial charge is 0.268 e. The zero-order valence-electron chi connectivity index (χ0n) is 22.1. The molecule has 3 aromatic rings. The standard InChI is InChI=1S/C30H35NO5Si/c1-20-28(37(4,5)24-14-11-22(34-2)12-15-24)27(17-18-32)36-30(20)25-19-23(35-3)13-16-26(25)31(29(30)33)21-9-7-6-8-10-21/h6-16,19-20,27-28,32H,17-18H2,1-5H3/t20-,27+,28-,30+/m1/s1. The third kappa shape index (κ3) is 3.88. The van der Waals surface area contributed by atoms with Crippen molar-refractivity contribution < 1.29 is 24.1 Å². The van der Waals surface area contributed by atoms with Gasteiger partial charge in [-0.1, -0.05) is 55.5 Å². The van der Waals surface area contributed by atoms with Crippen molar-refractivity contribution in [3.8, 4) is 11.5 Å². The molecule has 2 heterocycles. The summed E-state index contributed by atoms with van der Waals surface area (Å²) < 4.78 is 17.9. The Bertz CT molecular complexity index is 1280. The molecule has 0 bridgehead atoms. The molecule has 0 saturated carbocycles. The maximum absolute atomic E-state index is 14.5. The summed E-state index contributed by atoms with van der Waals surface area (Å²) in [5.74, 6) is 1.29. The maximum atomic E-state index is 14.5. The fourth-order valence-electron chi connectivity index (χ4n) is 6.58. The van der Waals surface area contributed by atoms with Gasteiger partial charge in [0.25, 0.3) is 5.91 Å². The lowest BCUT2D eigenvalue weighted by Gasteiger charge is -2.37. The van der Waals surface area contributed by atoms with Crippen LogP contribution in [0.1, 0.15) is 18.9 Å². The molecular formula is C30H35NO5Si. The predicted molar refractivity (Wildman–Crippen MR) is 148 cm³/mol. The number of para-hydroxylation sites is 1. The lowest BCUT2D eigenvalue weighted by atomic mass is 9.82. The van der Waals surface area contributed by atoms with Crippen molar-refractivity contribution in [1.82, 2.24) is 0 Å². The van der Waals surface area contributed by atoms with Gasteiger partial charge >= 0.3 is 0 Å². The molecule has 37 heavy (non-hydrogen) atoms. The number of aliphatic hydroxyl groups excluding tert-OH is 1. The van der Waals surface area contributed by atoms with Gasteiger partial charge in [0, 0.05) is 23.8 Å². The molecule has 1 N–H and O–H groups in total. The van der Waals surface area contributed by atoms with Crippen molar-refractivity contribution >= 4 is 30.5 Å². The molecule has 1 spiro atoms. The molecule has 4 atom stereocenters. The number of rotatable bonds is 7. The topological polar surface area (TPSA) is 68.2 Å². The Hall–Kier alpha value is -3.13. The normalized spacial score (nSPS) is 25.0. The van der Waals surface area contributed by atoms with Crippen LogP contribution in [0.15, 0.2) is 72.8 Å². The van der Waals surface area contributed by atoms with Gasteiger partial charge in [-0.25, -0.2) is 0 Å². The highest BCUT2D eigenvalue weighted by Crippen LogP contribution is 2.61. The number of anilines is 2. The van der Waals surface area contributed by atoms with E-state index in [4.69, 9.17) is 14.2 Å². The van der Waals surface area contributed by atoms with Gasteiger partial charge < -0.3 is 19.3 Å². The first kappa shape index (κ1) is 25.5. The fourth-order valence-corrected chi connectivity index (χ4v) is 10.6. The summed E-state index contributed by atoms with van der Waals surface area (Å²) in [6.07, 6.45) is 0.212. The van der Waals surface area contributed by atoms with Crippen LogP contribution in [0.3, 0.4) is 0 Å². The minimum Gasteiger partial charge on any atom is -0.497 e. The molecular weight excluding hydrogens is 482 g/mol. The van der Waals surface area contributed by atoms with Crippen LogP contribution < -0.4 is 19.6 Å². The van der Waals surface area contributed by atoms with Gasteiger partial charge in [0.1, 0.15) is 11.5 Å². The summed E-state index contributed by atoms with van der Waals surface area (Å²) in [7, 11) is 1.10. The van der Waals surface area contributed by atoms with Crippen molar-refractivity contribution in [2.45, 2.75) is 43.7 Å². The molecule has 1 fully saturated rings. The highest BCUT2D eigenvalue weighted by Gasteiger charge is 2.66. The third-order valence-electron chi connectivity index (χ3n) is 8.38. The van der Waals surface area contributed by atoms with Crippen molar-refractivity contribution in [2.75, 3.05) is 25.7 Å². The molecule has 2 aliphatic rings. The second-order valence-electron chi connectivity index (χ2n) is 10.5. The second kappa shape index (κ2) is 9.63. The molecule has 0 unspecified atom stereocenters. The number of methoxy groups -OCH3 is 2. The van der Waals surface area contributed by atoms with Crippen LogP contribution in [0.5, 0.6) is 11.5 Å². The highest BCUT2D eigenvalue weighted by atomic mass is 28.3. The van der Waals surface area contributed by atoms with Crippen LogP contribution in [0, 0.1) is 5.92 Å². The zero-order chi connectivity index (χ0) is 26.4. The van der Waals surface area contributed by atoms with Crippen molar-refractivity contribution in [2.24, 2.45) is 5.92 Å². The Balaban J connectivity index is 1.66. The van der Waals surface area contributed by atoms with Gasteiger partial charge in [0.2, 0.25) is 0 Å². The van der Waals surface area contributed by atoms with E-state index >= 15 is 0 Å². The Morgan fingerprint density at radius 3 is 2.24 bits per heavy atom. The van der Waals surface area contributed by atoms with Crippen LogP contribution in [0.4, 0.5) is 11.4 Å². The first-order valence-electron chi connectivity index (χ1n) is 12.8. The molecule has 2 aliphatic heterocycles. The molecule has 5 rings (SSSR count). The maximum Gasteiger partial charge on any atom is 0.268 e. The Labute approximate surface area is 219 Å². The molecule has 1 saturated heterocycles. The number of ether oxygens (including phenoxy) is 3. The summed E-state index contributed by atoms with van der Waals surface area (Å²) >= 11 is 0. The number of amides is 1. The Morgan fingerprint density at radius 2 is 1.62 bits per heavy atom. The van der Waals surface area contributed by atoms with Gasteiger partial charge in [-0.3, -0.25) is 9.69 Å². The number of hydrogen-bond donors (Lipinski definition) is 1. The minimum absolute atomic E-state index is 0.00137. The van der Waals surface area contributed by atoms with Crippen molar-refractivity contribution in [1.29, 1.82) is 0 Å². The summed E-state index contributed by atoms with van der Waals surface area (Å²) in [5, 5.41) is 11.3. The molecule has 6 nitrogen and oxygen atoms in total. The number of aliphatic hydroxyl groups is 1. The average molecular weight is 518 g/mol. The lowest BCUT2D eigenvalue weighted by molar-refractivity contribution is -0.145. The molecule has 7 heteroatoms. The van der Waals surface area contributed by atoms with Crippen molar-refractivity contribution in [3.05, 3.63) is 78.4 Å². The van der Waals surface area contributed by atoms with E-state index in [2.05, 4.69) is 32.2 Å². The molecule has 0 aliphatic carbocycles. The number of hydrogen-bond acceptors (Lipinski definition) is 5. The number of fused-ring (bicyclic) bond motifs is 2. The van der Waals surface area contributed by atoms with Crippen molar-refractivity contribution in [3.63, 3.8) is 0 Å². The van der Waals surface area contributed by atoms with E-state index in [0.717, 1.165) is 22.7 Å². The number of benzene rings is 3. The molecule has 0 radical (unpaired) electrons. The van der Waals surface area contributed by atoms with Gasteiger partial charge in [0.15, 0.2) is 5.60 Å². The van der Waals surface area contributed by atoms with Crippen LogP contribution in [0.2, 0.25) is 18.6 Å². The van der Waals surface area contributed by atoms with E-state index in [9.17, 15) is 9.90 Å². The zero-order valence-corrected chi connectivity index (χ0v) is 23.1. The summed E-state index contributed by atoms with van der Waals surface area (Å²) in [5.41, 5.74) is 1.38. The van der Waals surface area contributed by atoms with E-state index in [1.807, 2.05) is 60.7 Å². The monoisotopic (exact) mass is 517 g/mol. The van der Waals surface area contributed by atoms with Gasteiger partial charge in [-0.2, -0.15) is 0 Å². The molecule has 194 valence electrons. The minimum atomic E-state index is -2.21. The summed E-state index contributed by atoms with van der Waals surface area (Å²) in [6, 6.07) is 23.8. The highest BCUT2D eigenvalue weighted by molar-refractivity contribution is 6.91. The largest absolute Gasteiger partial charge is 0.497 e. The van der Waals surface area contributed by atoms with Crippen LogP contribution in [0.25, 0.3) is 0 Å². The van der Waals surface area contributed by atoms with Crippen LogP contribution >= 0.6 is 0 Å². The second-order valence-corrected chi connectivity index (χ2v) is 15.2. The van der Waals surface area contributed by atoms with E-state index < -0.39 is 13.7 Å². The molecule has 1 amide bonds. The van der Waals surface area contributed by atoms with Crippen LogP contribution in [-0.2, 0) is 15.1 Å². The average Bonchev–Trinajstić information content (AvgIpc) is 3.35. The molecule has 0 aromatic heterocycles. The third-order valence-corrected chi connectivity index (χ3v) is 12.7. The SMILES string of the molecule is COc1ccc([Si](C)(C)[C@H]2[C@H](CCO)O[C@@]3(C(=O)N(c4ccccc4)c4ccc(OC)cc43)[C@@H]2C)cc1. The Morgan fingerprint density at radius 1 is 0.973 bits per heavy atom. The first-order chi connectivity index (χ1) is 17.8. The number of carbonyl (C=O) groups excluding carboxylic acids is 1. The number of nitrogens with zero attached hydrogens (tertiary/aromatic N) is 1. The van der Waals surface area contributed by atoms with Gasteiger partial charge in [-0.15, -0.1) is 0 Å². The van der Waals surface area contributed by atoms with Gasteiger partial charge in [0.05, 0.1) is 34.1 Å². The van der Waals surface area contributed by atoms with E-state index in [1.165, 1.54) is 5.19 Å². The van der Waals surface area contributed by atoms with E-state index in [1.54, 1.807) is 19.1 Å². The first-order valence-corrected chi connectivity index (χ1v) is 15.9. The molecule has 3 aromatic carbocycles. The summed E-state index contributed by atoms with van der Waals surface area (Å²) in [6.45, 7) is 6.82. The number of carbonyl (C=O) groups is 1. The van der Waals surface area contributed by atoms with Crippen LogP contribution in [-0.4, -0.2) is 46.0 Å².